The van der Waals surface area contributed by atoms with E-state index < -0.39 is 11.1 Å². The minimum absolute atomic E-state index is 0.0994. The van der Waals surface area contributed by atoms with Crippen LogP contribution in [-0.4, -0.2) is 32.6 Å². The molecule has 0 spiro atoms. The Labute approximate surface area is 104 Å². The first-order valence-electron chi connectivity index (χ1n) is 4.94. The topological polar surface area (TPSA) is 52.6 Å². The fourth-order valence-corrected chi connectivity index (χ4v) is 6.57. The molecule has 0 aromatic rings. The molecule has 84 valence electrons. The van der Waals surface area contributed by atoms with Crippen LogP contribution in [0.3, 0.4) is 0 Å². The summed E-state index contributed by atoms with van der Waals surface area (Å²) in [5.41, 5.74) is 0. The largest absolute Gasteiger partial charge is 0.469 e. The van der Waals surface area contributed by atoms with E-state index >= 15 is 0 Å². The van der Waals surface area contributed by atoms with Gasteiger partial charge in [-0.25, -0.2) is 4.21 Å². The highest BCUT2D eigenvalue weighted by atomic mass is 127. The van der Waals surface area contributed by atoms with E-state index in [9.17, 15) is 9.00 Å². The van der Waals surface area contributed by atoms with Crippen LogP contribution in [0.1, 0.15) is 6.42 Å². The quantitative estimate of drug-likeness (QED) is 0.399. The zero-order valence-corrected chi connectivity index (χ0v) is 11.1. The van der Waals surface area contributed by atoms with E-state index in [-0.39, 0.29) is 23.2 Å². The number of fused-ring (bicyclic) bond motifs is 1. The Hall–Kier alpha value is 0.310. The van der Waals surface area contributed by atoms with Gasteiger partial charge in [0, 0.05) is 9.84 Å². The van der Waals surface area contributed by atoms with Gasteiger partial charge in [-0.3, -0.25) is 8.98 Å². The van der Waals surface area contributed by atoms with Crippen LogP contribution in [0, 0.1) is 17.8 Å². The van der Waals surface area contributed by atoms with Gasteiger partial charge in [-0.2, -0.15) is 0 Å². The number of halogens is 1. The Bertz CT molecular complexity index is 347. The molecule has 3 rings (SSSR count). The summed E-state index contributed by atoms with van der Waals surface area (Å²) in [4.78, 5) is 11.7. The van der Waals surface area contributed by atoms with Gasteiger partial charge in [0.1, 0.15) is 0 Å². The van der Waals surface area contributed by atoms with E-state index in [0.717, 1.165) is 6.42 Å². The van der Waals surface area contributed by atoms with Crippen molar-refractivity contribution in [2.24, 2.45) is 17.8 Å². The molecule has 15 heavy (non-hydrogen) atoms. The molecule has 4 nitrogen and oxygen atoms in total. The van der Waals surface area contributed by atoms with E-state index in [4.69, 9.17) is 8.92 Å². The predicted octanol–water partition coefficient (Wildman–Crippen LogP) is 0.660. The fraction of sp³-hybridized carbons (Fsp3) is 0.889. The van der Waals surface area contributed by atoms with Crippen molar-refractivity contribution in [3.05, 3.63) is 0 Å². The third-order valence-corrected chi connectivity index (χ3v) is 6.96. The number of hydrogen-bond donors (Lipinski definition) is 0. The second-order valence-electron chi connectivity index (χ2n) is 4.34. The lowest BCUT2D eigenvalue weighted by molar-refractivity contribution is -0.146. The van der Waals surface area contributed by atoms with Crippen molar-refractivity contribution in [2.45, 2.75) is 21.7 Å². The standard InChI is InChI=1S/C9H11IO4S/c1-13-9(11)5-3-2-4-7(6(3)10)14-15(12)8(4)5/h3-8H,2H2,1H3/t3-,4-,5-,6-,7-,8+,15+/m0/s1. The highest BCUT2D eigenvalue weighted by Gasteiger charge is 2.67. The van der Waals surface area contributed by atoms with Crippen molar-refractivity contribution in [3.8, 4) is 0 Å². The number of carbonyl (C=O) groups is 1. The molecule has 1 aliphatic heterocycles. The van der Waals surface area contributed by atoms with Crippen LogP contribution >= 0.6 is 22.6 Å². The SMILES string of the molecule is COC(=O)[C@H]1[C@@H]2C[C@H]3[C@H](O[S@@](=O)[C@H]31)[C@H]2I. The minimum atomic E-state index is -1.30. The van der Waals surface area contributed by atoms with Crippen LogP contribution < -0.4 is 0 Å². The van der Waals surface area contributed by atoms with Crippen molar-refractivity contribution in [2.75, 3.05) is 7.11 Å². The van der Waals surface area contributed by atoms with Gasteiger partial charge in [-0.1, -0.05) is 22.6 Å². The van der Waals surface area contributed by atoms with E-state index in [1.165, 1.54) is 7.11 Å². The summed E-state index contributed by atoms with van der Waals surface area (Å²) in [6, 6.07) is 0. The lowest BCUT2D eigenvalue weighted by Gasteiger charge is -2.26. The van der Waals surface area contributed by atoms with E-state index in [1.807, 2.05) is 0 Å². The molecule has 0 unspecified atom stereocenters. The maximum atomic E-state index is 11.7. The Morgan fingerprint density at radius 1 is 1.53 bits per heavy atom. The second-order valence-corrected chi connectivity index (χ2v) is 7.04. The molecular formula is C9H11IO4S. The van der Waals surface area contributed by atoms with E-state index in [2.05, 4.69) is 22.6 Å². The number of alkyl halides is 1. The minimum Gasteiger partial charge on any atom is -0.469 e. The molecular weight excluding hydrogens is 331 g/mol. The van der Waals surface area contributed by atoms with Crippen LogP contribution in [0.15, 0.2) is 0 Å². The highest BCUT2D eigenvalue weighted by molar-refractivity contribution is 14.1. The van der Waals surface area contributed by atoms with Gasteiger partial charge < -0.3 is 4.74 Å². The van der Waals surface area contributed by atoms with Gasteiger partial charge in [-0.05, 0) is 12.3 Å². The first kappa shape index (κ1) is 10.5. The molecule has 2 saturated carbocycles. The molecule has 6 heteroatoms. The summed E-state index contributed by atoms with van der Waals surface area (Å²) in [6.45, 7) is 0. The molecule has 1 saturated heterocycles. The number of rotatable bonds is 1. The van der Waals surface area contributed by atoms with Gasteiger partial charge in [0.05, 0.1) is 24.4 Å². The Morgan fingerprint density at radius 2 is 2.27 bits per heavy atom. The molecule has 0 aromatic heterocycles. The van der Waals surface area contributed by atoms with Gasteiger partial charge in [0.15, 0.2) is 11.1 Å². The number of hydrogen-bond acceptors (Lipinski definition) is 4. The third kappa shape index (κ3) is 1.21. The van der Waals surface area contributed by atoms with Crippen LogP contribution in [0.4, 0.5) is 0 Å². The number of carbonyl (C=O) groups excluding carboxylic acids is 1. The average Bonchev–Trinajstić information content (AvgIpc) is 2.80. The summed E-state index contributed by atoms with van der Waals surface area (Å²) in [5, 5.41) is -0.113. The Kier molecular flexibility index (Phi) is 2.37. The molecule has 0 amide bonds. The van der Waals surface area contributed by atoms with E-state index in [0.29, 0.717) is 15.8 Å². The summed E-state index contributed by atoms with van der Waals surface area (Å²) >= 11 is 1.03. The smallest absolute Gasteiger partial charge is 0.310 e. The van der Waals surface area contributed by atoms with Crippen molar-refractivity contribution in [3.63, 3.8) is 0 Å². The zero-order chi connectivity index (χ0) is 10.7. The van der Waals surface area contributed by atoms with Crippen LogP contribution in [0.2, 0.25) is 0 Å². The predicted molar refractivity (Wildman–Crippen MR) is 61.7 cm³/mol. The summed E-state index contributed by atoms with van der Waals surface area (Å²) in [7, 11) is 1.40. The molecule has 0 radical (unpaired) electrons. The zero-order valence-electron chi connectivity index (χ0n) is 8.09. The molecule has 1 heterocycles. The first-order valence-corrected chi connectivity index (χ1v) is 7.33. The molecule has 3 aliphatic rings. The normalized spacial score (nSPS) is 56.0. The van der Waals surface area contributed by atoms with Crippen LogP contribution in [-0.2, 0) is 24.8 Å². The highest BCUT2D eigenvalue weighted by Crippen LogP contribution is 2.58. The molecule has 2 aliphatic carbocycles. The van der Waals surface area contributed by atoms with Crippen LogP contribution in [0.5, 0.6) is 0 Å². The average molecular weight is 342 g/mol. The molecule has 0 aromatic carbocycles. The van der Waals surface area contributed by atoms with Crippen molar-refractivity contribution in [1.29, 1.82) is 0 Å². The number of methoxy groups -OCH3 is 1. The van der Waals surface area contributed by atoms with Gasteiger partial charge >= 0.3 is 5.97 Å². The first-order chi connectivity index (χ1) is 7.15. The monoisotopic (exact) mass is 342 g/mol. The fourth-order valence-electron chi connectivity index (χ4n) is 3.24. The van der Waals surface area contributed by atoms with Crippen LogP contribution in [0.25, 0.3) is 0 Å². The summed E-state index contributed by atoms with van der Waals surface area (Å²) in [5.74, 6) is 0.180. The van der Waals surface area contributed by atoms with Gasteiger partial charge in [0.25, 0.3) is 0 Å². The second kappa shape index (κ2) is 3.40. The molecule has 7 atom stereocenters. The lowest BCUT2D eigenvalue weighted by Crippen LogP contribution is -2.40. The van der Waals surface area contributed by atoms with Crippen molar-refractivity contribution >= 4 is 39.6 Å². The number of ether oxygens (including phenoxy) is 1. The van der Waals surface area contributed by atoms with E-state index in [1.54, 1.807) is 0 Å². The molecule has 2 bridgehead atoms. The maximum absolute atomic E-state index is 11.7. The van der Waals surface area contributed by atoms with Gasteiger partial charge in [-0.15, -0.1) is 0 Å². The van der Waals surface area contributed by atoms with Crippen molar-refractivity contribution < 1.29 is 17.9 Å². The number of esters is 1. The molecule has 0 N–H and O–H groups in total. The van der Waals surface area contributed by atoms with Gasteiger partial charge in [0.2, 0.25) is 0 Å². The third-order valence-electron chi connectivity index (χ3n) is 3.83. The Morgan fingerprint density at radius 3 is 2.93 bits per heavy atom. The molecule has 3 fully saturated rings. The maximum Gasteiger partial charge on any atom is 0.310 e. The van der Waals surface area contributed by atoms with Crippen molar-refractivity contribution in [1.82, 2.24) is 0 Å². The Balaban J connectivity index is 1.98. The lowest BCUT2D eigenvalue weighted by atomic mass is 9.87. The summed E-state index contributed by atoms with van der Waals surface area (Å²) < 4.78 is 22.3. The summed E-state index contributed by atoms with van der Waals surface area (Å²) in [6.07, 6.45) is 1.07.